The number of aromatic nitrogens is 2. The van der Waals surface area contributed by atoms with Gasteiger partial charge in [-0.25, -0.2) is 9.48 Å². The molecule has 3 aromatic rings. The van der Waals surface area contributed by atoms with E-state index in [1.165, 1.54) is 19.1 Å². The van der Waals surface area contributed by atoms with Gasteiger partial charge in [0.25, 0.3) is 5.56 Å². The number of amides is 1. The maximum atomic E-state index is 12.7. The Hall–Kier alpha value is -3.99. The van der Waals surface area contributed by atoms with Gasteiger partial charge in [0.05, 0.1) is 16.6 Å². The molecule has 0 aliphatic carbocycles. The van der Waals surface area contributed by atoms with Gasteiger partial charge in [0.15, 0.2) is 5.69 Å². The van der Waals surface area contributed by atoms with Gasteiger partial charge in [0, 0.05) is 5.39 Å². The number of fused-ring (bicyclic) bond motifs is 1. The van der Waals surface area contributed by atoms with Crippen LogP contribution >= 0.6 is 0 Å². The molecule has 0 aliphatic rings. The molecule has 0 fully saturated rings. The van der Waals surface area contributed by atoms with Gasteiger partial charge in [0.1, 0.15) is 12.1 Å². The van der Waals surface area contributed by atoms with E-state index < -0.39 is 23.5 Å². The summed E-state index contributed by atoms with van der Waals surface area (Å²) in [5.41, 5.74) is -0.332. The Bertz CT molecular complexity index is 1160. The number of carbonyl (C=O) groups is 2. The van der Waals surface area contributed by atoms with Gasteiger partial charge in [-0.3, -0.25) is 9.59 Å². The van der Waals surface area contributed by atoms with Crippen molar-refractivity contribution in [2.75, 3.05) is 5.32 Å². The fraction of sp³-hybridized carbons (Fsp3) is 0.105. The molecule has 1 amide bonds. The van der Waals surface area contributed by atoms with E-state index in [1.54, 1.807) is 36.4 Å². The van der Waals surface area contributed by atoms with Crippen molar-refractivity contribution in [3.8, 4) is 6.07 Å². The second kappa shape index (κ2) is 7.09. The average molecular weight is 362 g/mol. The minimum atomic E-state index is -1.30. The Labute approximate surface area is 153 Å². The van der Waals surface area contributed by atoms with E-state index in [9.17, 15) is 19.5 Å². The molecule has 2 aromatic carbocycles. The van der Waals surface area contributed by atoms with Crippen LogP contribution < -0.4 is 10.9 Å². The smallest absolute Gasteiger partial charge is 0.357 e. The molecule has 8 heteroatoms. The van der Waals surface area contributed by atoms with Gasteiger partial charge in [-0.15, -0.1) is 0 Å². The van der Waals surface area contributed by atoms with E-state index in [2.05, 4.69) is 10.4 Å². The third kappa shape index (κ3) is 3.26. The van der Waals surface area contributed by atoms with Crippen molar-refractivity contribution in [2.24, 2.45) is 0 Å². The topological polar surface area (TPSA) is 125 Å². The maximum absolute atomic E-state index is 12.7. The number of carboxylic acids is 1. The van der Waals surface area contributed by atoms with Crippen LogP contribution in [-0.4, -0.2) is 26.8 Å². The first-order valence-electron chi connectivity index (χ1n) is 7.99. The van der Waals surface area contributed by atoms with Gasteiger partial charge in [-0.2, -0.15) is 10.4 Å². The van der Waals surface area contributed by atoms with Crippen LogP contribution in [0.25, 0.3) is 10.8 Å². The number of carboxylic acid groups (broad SMARTS) is 1. The third-order valence-electron chi connectivity index (χ3n) is 4.08. The van der Waals surface area contributed by atoms with E-state index in [0.29, 0.717) is 5.69 Å². The van der Waals surface area contributed by atoms with Gasteiger partial charge < -0.3 is 10.4 Å². The second-order valence-corrected chi connectivity index (χ2v) is 5.77. The molecule has 1 heterocycles. The summed E-state index contributed by atoms with van der Waals surface area (Å²) in [7, 11) is 0. The van der Waals surface area contributed by atoms with Crippen molar-refractivity contribution in [1.82, 2.24) is 9.78 Å². The highest BCUT2D eigenvalue weighted by atomic mass is 16.4. The van der Waals surface area contributed by atoms with Crippen LogP contribution in [-0.2, 0) is 4.79 Å². The number of nitrogens with zero attached hydrogens (tertiary/aromatic N) is 3. The molecular weight excluding hydrogens is 348 g/mol. The molecule has 0 saturated carbocycles. The van der Waals surface area contributed by atoms with E-state index in [1.807, 2.05) is 6.07 Å². The lowest BCUT2D eigenvalue weighted by Crippen LogP contribution is -2.35. The van der Waals surface area contributed by atoms with Crippen molar-refractivity contribution in [1.29, 1.82) is 5.26 Å². The standard InChI is InChI=1S/C19H14N4O4/c1-11(17(24)21-15-9-5-2-6-12(15)10-20)23-18(25)14-8-4-3-7-13(14)16(22-23)19(26)27/h2-9,11H,1H3,(H,21,24)(H,26,27)/t11-/m1/s1. The summed E-state index contributed by atoms with van der Waals surface area (Å²) >= 11 is 0. The number of para-hydroxylation sites is 1. The van der Waals surface area contributed by atoms with Crippen molar-refractivity contribution < 1.29 is 14.7 Å². The average Bonchev–Trinajstić information content (AvgIpc) is 2.68. The number of hydrogen-bond acceptors (Lipinski definition) is 5. The summed E-state index contributed by atoms with van der Waals surface area (Å²) in [6.45, 7) is 1.43. The molecule has 8 nitrogen and oxygen atoms in total. The number of carbonyl (C=O) groups excluding carboxylic acids is 1. The summed E-state index contributed by atoms with van der Waals surface area (Å²) in [6.07, 6.45) is 0. The molecule has 1 aromatic heterocycles. The molecule has 0 bridgehead atoms. The van der Waals surface area contributed by atoms with Crippen LogP contribution in [0.15, 0.2) is 53.3 Å². The largest absolute Gasteiger partial charge is 0.476 e. The van der Waals surface area contributed by atoms with Crippen LogP contribution in [0.5, 0.6) is 0 Å². The predicted octanol–water partition coefficient (Wildman–Crippen LogP) is 2.17. The highest BCUT2D eigenvalue weighted by molar-refractivity contribution is 6.01. The van der Waals surface area contributed by atoms with Gasteiger partial charge in [0.2, 0.25) is 5.91 Å². The summed E-state index contributed by atoms with van der Waals surface area (Å²) in [5, 5.41) is 25.3. The Morgan fingerprint density at radius 1 is 1.15 bits per heavy atom. The molecule has 3 rings (SSSR count). The minimum absolute atomic E-state index is 0.155. The van der Waals surface area contributed by atoms with Crippen molar-refractivity contribution in [3.63, 3.8) is 0 Å². The first kappa shape index (κ1) is 17.8. The Morgan fingerprint density at radius 3 is 2.44 bits per heavy atom. The molecule has 0 unspecified atom stereocenters. The van der Waals surface area contributed by atoms with Crippen LogP contribution in [0, 0.1) is 11.3 Å². The van der Waals surface area contributed by atoms with Crippen LogP contribution in [0.2, 0.25) is 0 Å². The summed E-state index contributed by atoms with van der Waals surface area (Å²) < 4.78 is 0.843. The number of hydrogen-bond donors (Lipinski definition) is 2. The van der Waals surface area contributed by atoms with Crippen molar-refractivity contribution in [3.05, 3.63) is 70.1 Å². The lowest BCUT2D eigenvalue weighted by Gasteiger charge is -2.16. The lowest BCUT2D eigenvalue weighted by atomic mass is 10.1. The maximum Gasteiger partial charge on any atom is 0.357 e. The van der Waals surface area contributed by atoms with E-state index >= 15 is 0 Å². The Morgan fingerprint density at radius 2 is 1.78 bits per heavy atom. The zero-order valence-corrected chi connectivity index (χ0v) is 14.2. The van der Waals surface area contributed by atoms with Gasteiger partial charge in [-0.1, -0.05) is 30.3 Å². The van der Waals surface area contributed by atoms with Crippen molar-refractivity contribution >= 4 is 28.3 Å². The second-order valence-electron chi connectivity index (χ2n) is 5.77. The minimum Gasteiger partial charge on any atom is -0.476 e. The number of benzene rings is 2. The van der Waals surface area contributed by atoms with Crippen LogP contribution in [0.3, 0.4) is 0 Å². The fourth-order valence-electron chi connectivity index (χ4n) is 2.66. The van der Waals surface area contributed by atoms with E-state index in [4.69, 9.17) is 5.26 Å². The molecule has 0 radical (unpaired) electrons. The van der Waals surface area contributed by atoms with Crippen molar-refractivity contribution in [2.45, 2.75) is 13.0 Å². The quantitative estimate of drug-likeness (QED) is 0.733. The fourth-order valence-corrected chi connectivity index (χ4v) is 2.66. The summed E-state index contributed by atoms with van der Waals surface area (Å²) in [6, 6.07) is 13.5. The SMILES string of the molecule is C[C@H](C(=O)Nc1ccccc1C#N)n1nc(C(=O)O)c2ccccc2c1=O. The molecule has 2 N–H and O–H groups in total. The summed E-state index contributed by atoms with van der Waals surface area (Å²) in [4.78, 5) is 36.8. The molecule has 0 saturated heterocycles. The number of rotatable bonds is 4. The highest BCUT2D eigenvalue weighted by Gasteiger charge is 2.23. The van der Waals surface area contributed by atoms with Crippen LogP contribution in [0.1, 0.15) is 29.0 Å². The zero-order valence-electron chi connectivity index (χ0n) is 14.2. The number of aromatic carboxylic acids is 1. The first-order valence-corrected chi connectivity index (χ1v) is 7.99. The first-order chi connectivity index (χ1) is 12.9. The van der Waals surface area contributed by atoms with Gasteiger partial charge >= 0.3 is 5.97 Å². The monoisotopic (exact) mass is 362 g/mol. The van der Waals surface area contributed by atoms with E-state index in [-0.39, 0.29) is 22.0 Å². The molecular formula is C19H14N4O4. The number of nitriles is 1. The number of anilines is 1. The zero-order chi connectivity index (χ0) is 19.6. The predicted molar refractivity (Wildman–Crippen MR) is 97.5 cm³/mol. The Balaban J connectivity index is 2.05. The molecule has 1 atom stereocenters. The lowest BCUT2D eigenvalue weighted by molar-refractivity contribution is -0.119. The van der Waals surface area contributed by atoms with Gasteiger partial charge in [-0.05, 0) is 25.1 Å². The Kier molecular flexibility index (Phi) is 4.68. The third-order valence-corrected chi connectivity index (χ3v) is 4.08. The molecule has 0 spiro atoms. The summed E-state index contributed by atoms with van der Waals surface area (Å²) in [5.74, 6) is -1.90. The molecule has 134 valence electrons. The number of nitrogens with one attached hydrogen (secondary N) is 1. The normalized spacial score (nSPS) is 11.6. The molecule has 27 heavy (non-hydrogen) atoms. The van der Waals surface area contributed by atoms with Crippen LogP contribution in [0.4, 0.5) is 5.69 Å². The van der Waals surface area contributed by atoms with E-state index in [0.717, 1.165) is 4.68 Å². The highest BCUT2D eigenvalue weighted by Crippen LogP contribution is 2.18. The molecule has 0 aliphatic heterocycles.